The first kappa shape index (κ1) is 27.5. The molecule has 1 aliphatic heterocycles. The van der Waals surface area contributed by atoms with Gasteiger partial charge in [-0.15, -0.1) is 0 Å². The average molecular weight is 617 g/mol. The van der Waals surface area contributed by atoms with Crippen LogP contribution >= 0.6 is 39.1 Å². The Morgan fingerprint density at radius 3 is 1.97 bits per heavy atom. The molecule has 3 aliphatic rings. The zero-order chi connectivity index (χ0) is 27.6. The highest BCUT2D eigenvalue weighted by atomic mass is 79.9. The van der Waals surface area contributed by atoms with E-state index in [9.17, 15) is 9.59 Å². The van der Waals surface area contributed by atoms with Crippen LogP contribution in [0.1, 0.15) is 70.4 Å². The minimum Gasteiger partial charge on any atom is -0.488 e. The molecule has 0 radical (unpaired) electrons. The van der Waals surface area contributed by atoms with Crippen LogP contribution in [0.3, 0.4) is 0 Å². The lowest BCUT2D eigenvalue weighted by atomic mass is 9.64. The van der Waals surface area contributed by atoms with E-state index in [1.807, 2.05) is 31.3 Å². The number of carbonyl (C=O) groups is 2. The van der Waals surface area contributed by atoms with Gasteiger partial charge in [0, 0.05) is 48.3 Å². The molecule has 0 aromatic heterocycles. The monoisotopic (exact) mass is 615 g/mol. The van der Waals surface area contributed by atoms with Crippen LogP contribution in [-0.2, 0) is 16.2 Å². The molecule has 2 aromatic rings. The number of hydrogen-bond donors (Lipinski definition) is 0. The van der Waals surface area contributed by atoms with Crippen molar-refractivity contribution in [2.75, 3.05) is 7.05 Å². The molecule has 0 saturated carbocycles. The molecule has 0 bridgehead atoms. The Balaban J connectivity index is 1.55. The molecule has 0 saturated heterocycles. The number of ether oxygens (including phenoxy) is 1. The normalized spacial score (nSPS) is 21.0. The van der Waals surface area contributed by atoms with Gasteiger partial charge in [-0.1, -0.05) is 63.0 Å². The predicted octanol–water partition coefficient (Wildman–Crippen LogP) is 8.65. The highest BCUT2D eigenvalue weighted by Gasteiger charge is 2.48. The van der Waals surface area contributed by atoms with Crippen molar-refractivity contribution in [2.24, 2.45) is 10.8 Å². The van der Waals surface area contributed by atoms with Crippen LogP contribution in [0.2, 0.25) is 10.0 Å². The van der Waals surface area contributed by atoms with Crippen LogP contribution in [0.15, 0.2) is 63.4 Å². The second-order valence-electron chi connectivity index (χ2n) is 12.3. The lowest BCUT2D eigenvalue weighted by Crippen LogP contribution is -2.43. The summed E-state index contributed by atoms with van der Waals surface area (Å²) >= 11 is 15.9. The molecule has 0 unspecified atom stereocenters. The first-order valence-electron chi connectivity index (χ1n) is 12.9. The summed E-state index contributed by atoms with van der Waals surface area (Å²) in [5.41, 5.74) is 5.24. The van der Waals surface area contributed by atoms with Crippen molar-refractivity contribution in [3.63, 3.8) is 0 Å². The number of hydrogen-bond acceptors (Lipinski definition) is 4. The summed E-state index contributed by atoms with van der Waals surface area (Å²) in [6, 6.07) is 11.3. The van der Waals surface area contributed by atoms with Crippen LogP contribution in [0.5, 0.6) is 5.75 Å². The summed E-state index contributed by atoms with van der Waals surface area (Å²) in [5, 5.41) is 0.987. The van der Waals surface area contributed by atoms with Gasteiger partial charge in [-0.05, 0) is 75.0 Å². The first-order chi connectivity index (χ1) is 17.8. The molecule has 0 spiro atoms. The van der Waals surface area contributed by atoms with Gasteiger partial charge < -0.3 is 9.64 Å². The summed E-state index contributed by atoms with van der Waals surface area (Å²) in [5.74, 6) is 0.564. The number of ketones is 2. The zero-order valence-electron chi connectivity index (χ0n) is 22.4. The van der Waals surface area contributed by atoms with E-state index >= 15 is 0 Å². The number of rotatable bonds is 4. The van der Waals surface area contributed by atoms with Crippen LogP contribution in [-0.4, -0.2) is 23.5 Å². The number of allylic oxidation sites excluding steroid dienone is 4. The topological polar surface area (TPSA) is 46.6 Å². The molecule has 0 atom stereocenters. The van der Waals surface area contributed by atoms with Gasteiger partial charge >= 0.3 is 0 Å². The first-order valence-corrected chi connectivity index (χ1v) is 14.4. The van der Waals surface area contributed by atoms with E-state index in [0.717, 1.165) is 51.0 Å². The lowest BCUT2D eigenvalue weighted by Gasteiger charge is -2.47. The summed E-state index contributed by atoms with van der Waals surface area (Å²) in [4.78, 5) is 29.5. The fourth-order valence-electron chi connectivity index (χ4n) is 6.10. The number of nitrogens with zero attached hydrogens (tertiary/aromatic N) is 1. The molecule has 0 N–H and O–H groups in total. The van der Waals surface area contributed by atoms with E-state index in [-0.39, 0.29) is 28.3 Å². The Hall–Kier alpha value is -2.08. The molecule has 4 nitrogen and oxygen atoms in total. The van der Waals surface area contributed by atoms with E-state index < -0.39 is 0 Å². The third kappa shape index (κ3) is 5.10. The van der Waals surface area contributed by atoms with E-state index in [1.54, 1.807) is 12.1 Å². The second kappa shape index (κ2) is 9.83. The number of benzene rings is 2. The maximum absolute atomic E-state index is 13.7. The Labute approximate surface area is 243 Å². The summed E-state index contributed by atoms with van der Waals surface area (Å²) in [7, 11) is 2.03. The van der Waals surface area contributed by atoms with Gasteiger partial charge in [0.1, 0.15) is 12.4 Å². The summed E-state index contributed by atoms with van der Waals surface area (Å²) < 4.78 is 6.84. The fourth-order valence-corrected chi connectivity index (χ4v) is 6.93. The van der Waals surface area contributed by atoms with Crippen LogP contribution in [0.4, 0.5) is 0 Å². The minimum absolute atomic E-state index is 0.121. The van der Waals surface area contributed by atoms with Crippen molar-refractivity contribution in [1.29, 1.82) is 0 Å². The van der Waals surface area contributed by atoms with Crippen LogP contribution < -0.4 is 4.74 Å². The highest BCUT2D eigenvalue weighted by molar-refractivity contribution is 9.10. The molecule has 38 heavy (non-hydrogen) atoms. The van der Waals surface area contributed by atoms with Crippen LogP contribution in [0, 0.1) is 10.8 Å². The summed E-state index contributed by atoms with van der Waals surface area (Å²) in [6.45, 7) is 8.92. The molecule has 5 rings (SSSR count). The van der Waals surface area contributed by atoms with E-state index in [2.05, 4.69) is 48.5 Å². The standard InChI is InChI=1S/C31H32BrCl2NO3/c1-30(2)12-22-28(24(36)14-30)27(29-23(35(22)5)13-31(3,4)15-25(29)37)18-7-9-26(19(32)11-18)38-16-17-6-8-20(33)21(34)10-17/h6-11,27H,12-16H2,1-5H3. The van der Waals surface area contributed by atoms with Gasteiger partial charge in [0.15, 0.2) is 11.6 Å². The van der Waals surface area contributed by atoms with Crippen molar-refractivity contribution in [1.82, 2.24) is 4.90 Å². The molecule has 0 fully saturated rings. The van der Waals surface area contributed by atoms with Crippen molar-refractivity contribution in [3.05, 3.63) is 84.6 Å². The smallest absolute Gasteiger partial charge is 0.162 e. The minimum atomic E-state index is -0.371. The van der Waals surface area contributed by atoms with Crippen molar-refractivity contribution in [2.45, 2.75) is 65.9 Å². The lowest BCUT2D eigenvalue weighted by molar-refractivity contribution is -0.119. The van der Waals surface area contributed by atoms with Gasteiger partial charge in [0.25, 0.3) is 0 Å². The average Bonchev–Trinajstić information content (AvgIpc) is 2.80. The molecular formula is C31H32BrCl2NO3. The maximum Gasteiger partial charge on any atom is 0.162 e. The van der Waals surface area contributed by atoms with E-state index in [0.29, 0.717) is 35.2 Å². The Morgan fingerprint density at radius 2 is 1.45 bits per heavy atom. The second-order valence-corrected chi connectivity index (χ2v) is 14.0. The molecule has 7 heteroatoms. The molecule has 1 heterocycles. The molecule has 2 aromatic carbocycles. The van der Waals surface area contributed by atoms with Gasteiger partial charge in [-0.2, -0.15) is 0 Å². The largest absolute Gasteiger partial charge is 0.488 e. The molecule has 0 amide bonds. The zero-order valence-corrected chi connectivity index (χ0v) is 25.5. The fraction of sp³-hybridized carbons (Fsp3) is 0.419. The molecule has 200 valence electrons. The van der Waals surface area contributed by atoms with Gasteiger partial charge in [-0.3, -0.25) is 9.59 Å². The Kier molecular flexibility index (Phi) is 7.11. The summed E-state index contributed by atoms with van der Waals surface area (Å²) in [6.07, 6.45) is 2.56. The van der Waals surface area contributed by atoms with Gasteiger partial charge in [0.2, 0.25) is 0 Å². The Bertz CT molecular complexity index is 1370. The SMILES string of the molecule is CN1C2=C(C(=O)CC(C)(C)C2)C(c2ccc(OCc3ccc(Cl)c(Cl)c3)c(Br)c2)C2=C1CC(C)(C)CC2=O. The third-order valence-electron chi connectivity index (χ3n) is 7.85. The molecule has 2 aliphatic carbocycles. The highest BCUT2D eigenvalue weighted by Crippen LogP contribution is 2.54. The van der Waals surface area contributed by atoms with E-state index in [4.69, 9.17) is 27.9 Å². The van der Waals surface area contributed by atoms with E-state index in [1.165, 1.54) is 0 Å². The Morgan fingerprint density at radius 1 is 0.868 bits per heavy atom. The quantitative estimate of drug-likeness (QED) is 0.345. The van der Waals surface area contributed by atoms with Crippen LogP contribution in [0.25, 0.3) is 0 Å². The van der Waals surface area contributed by atoms with Crippen molar-refractivity contribution in [3.8, 4) is 5.75 Å². The predicted molar refractivity (Wildman–Crippen MR) is 156 cm³/mol. The number of carbonyl (C=O) groups excluding carboxylic acids is 2. The third-order valence-corrected chi connectivity index (χ3v) is 9.21. The number of Topliss-reactive ketones (excluding diaryl/α,β-unsaturated/α-hetero) is 2. The number of halogens is 3. The van der Waals surface area contributed by atoms with Crippen molar-refractivity contribution < 1.29 is 14.3 Å². The van der Waals surface area contributed by atoms with Gasteiger partial charge in [-0.25, -0.2) is 0 Å². The maximum atomic E-state index is 13.7. The van der Waals surface area contributed by atoms with Crippen molar-refractivity contribution >= 4 is 50.7 Å². The molecular weight excluding hydrogens is 585 g/mol. The van der Waals surface area contributed by atoms with Gasteiger partial charge in [0.05, 0.1) is 14.5 Å².